The highest BCUT2D eigenvalue weighted by Crippen LogP contribution is 2.30. The molecule has 2 N–H and O–H groups in total. The molecule has 0 saturated carbocycles. The Labute approximate surface area is 173 Å². The molecular weight excluding hydrogens is 386 g/mol. The van der Waals surface area contributed by atoms with Gasteiger partial charge in [0.15, 0.2) is 0 Å². The summed E-state index contributed by atoms with van der Waals surface area (Å²) in [7, 11) is 1.57. The zero-order valence-corrected chi connectivity index (χ0v) is 16.4. The van der Waals surface area contributed by atoms with Gasteiger partial charge in [-0.25, -0.2) is 4.98 Å². The van der Waals surface area contributed by atoms with Gasteiger partial charge in [-0.15, -0.1) is 0 Å². The molecule has 0 aliphatic carbocycles. The molecule has 0 radical (unpaired) electrons. The quantitative estimate of drug-likeness (QED) is 0.452. The van der Waals surface area contributed by atoms with Gasteiger partial charge in [-0.2, -0.15) is 0 Å². The van der Waals surface area contributed by atoms with E-state index in [1.807, 2.05) is 30.3 Å². The Balaban J connectivity index is 1.60. The predicted octanol–water partition coefficient (Wildman–Crippen LogP) is 5.66. The lowest BCUT2D eigenvalue weighted by atomic mass is 10.1. The molecule has 3 aromatic carbocycles. The molecule has 0 saturated heterocycles. The molecule has 1 aromatic heterocycles. The topological polar surface area (TPSA) is 67.0 Å². The van der Waals surface area contributed by atoms with Gasteiger partial charge in [0.25, 0.3) is 5.91 Å². The average Bonchev–Trinajstić information content (AvgIpc) is 3.26. The fourth-order valence-corrected chi connectivity index (χ4v) is 3.18. The highest BCUT2D eigenvalue weighted by atomic mass is 35.5. The Morgan fingerprint density at radius 2 is 1.86 bits per heavy atom. The molecule has 29 heavy (non-hydrogen) atoms. The maximum Gasteiger partial charge on any atom is 0.255 e. The smallest absolute Gasteiger partial charge is 0.255 e. The molecule has 4 rings (SSSR count). The number of halogens is 1. The van der Waals surface area contributed by atoms with E-state index < -0.39 is 0 Å². The third-order valence-corrected chi connectivity index (χ3v) is 4.80. The maximum atomic E-state index is 12.6. The molecule has 144 valence electrons. The van der Waals surface area contributed by atoms with E-state index >= 15 is 0 Å². The molecule has 0 spiro atoms. The summed E-state index contributed by atoms with van der Waals surface area (Å²) in [5.41, 5.74) is 3.75. The predicted molar refractivity (Wildman–Crippen MR) is 115 cm³/mol. The van der Waals surface area contributed by atoms with E-state index in [2.05, 4.69) is 15.3 Å². The van der Waals surface area contributed by atoms with Gasteiger partial charge < -0.3 is 15.0 Å². The van der Waals surface area contributed by atoms with Crippen LogP contribution >= 0.6 is 11.6 Å². The van der Waals surface area contributed by atoms with E-state index in [-0.39, 0.29) is 5.91 Å². The summed E-state index contributed by atoms with van der Waals surface area (Å²) in [6.07, 6.45) is 1.77. The Morgan fingerprint density at radius 1 is 1.03 bits per heavy atom. The lowest BCUT2D eigenvalue weighted by Crippen LogP contribution is -2.12. The lowest BCUT2D eigenvalue weighted by Gasteiger charge is -2.09. The van der Waals surface area contributed by atoms with Crippen LogP contribution in [0.3, 0.4) is 0 Å². The van der Waals surface area contributed by atoms with E-state index in [1.165, 1.54) is 0 Å². The van der Waals surface area contributed by atoms with Crippen LogP contribution in [0.4, 0.5) is 5.69 Å². The summed E-state index contributed by atoms with van der Waals surface area (Å²) < 4.78 is 5.18. The molecule has 4 aromatic rings. The molecule has 0 bridgehead atoms. The zero-order valence-electron chi connectivity index (χ0n) is 15.6. The number of nitrogens with one attached hydrogen (secondary N) is 2. The van der Waals surface area contributed by atoms with Crippen molar-refractivity contribution in [3.8, 4) is 28.4 Å². The van der Waals surface area contributed by atoms with Crippen LogP contribution in [0.1, 0.15) is 10.4 Å². The van der Waals surface area contributed by atoms with Gasteiger partial charge in [0.05, 0.1) is 24.0 Å². The SMILES string of the molecule is COc1cccc(C(=O)Nc2ccc(Cl)c(-c3ncc(-c4ccccc4)[nH]3)c2)c1. The third kappa shape index (κ3) is 4.15. The Kier molecular flexibility index (Phi) is 5.31. The van der Waals surface area contributed by atoms with Crippen LogP contribution < -0.4 is 10.1 Å². The number of anilines is 1. The molecule has 0 atom stereocenters. The van der Waals surface area contributed by atoms with Crippen LogP contribution in [0, 0.1) is 0 Å². The average molecular weight is 404 g/mol. The van der Waals surface area contributed by atoms with Crippen LogP contribution in [0.5, 0.6) is 5.75 Å². The van der Waals surface area contributed by atoms with Crippen molar-refractivity contribution in [1.82, 2.24) is 9.97 Å². The standard InChI is InChI=1S/C23H18ClN3O2/c1-29-18-9-5-8-16(12-18)23(28)26-17-10-11-20(24)19(13-17)22-25-14-21(27-22)15-6-3-2-4-7-15/h2-14H,1H3,(H,25,27)(H,26,28). The van der Waals surface area contributed by atoms with Crippen LogP contribution in [-0.2, 0) is 0 Å². The van der Waals surface area contributed by atoms with Gasteiger partial charge in [0, 0.05) is 16.8 Å². The first-order chi connectivity index (χ1) is 14.1. The van der Waals surface area contributed by atoms with Crippen molar-refractivity contribution in [1.29, 1.82) is 0 Å². The number of methoxy groups -OCH3 is 1. The van der Waals surface area contributed by atoms with Crippen LogP contribution in [0.15, 0.2) is 79.0 Å². The van der Waals surface area contributed by atoms with E-state index in [0.717, 1.165) is 11.3 Å². The number of carbonyl (C=O) groups excluding carboxylic acids is 1. The number of hydrogen-bond acceptors (Lipinski definition) is 3. The van der Waals surface area contributed by atoms with Crippen LogP contribution in [0.2, 0.25) is 5.02 Å². The van der Waals surface area contributed by atoms with Crippen LogP contribution in [-0.4, -0.2) is 23.0 Å². The first kappa shape index (κ1) is 18.8. The number of aromatic nitrogens is 2. The molecule has 0 fully saturated rings. The number of amides is 1. The van der Waals surface area contributed by atoms with Crippen molar-refractivity contribution in [2.24, 2.45) is 0 Å². The number of nitrogens with zero attached hydrogens (tertiary/aromatic N) is 1. The fraction of sp³-hybridized carbons (Fsp3) is 0.0435. The first-order valence-corrected chi connectivity index (χ1v) is 9.37. The highest BCUT2D eigenvalue weighted by molar-refractivity contribution is 6.33. The van der Waals surface area contributed by atoms with Gasteiger partial charge in [0.1, 0.15) is 11.6 Å². The number of ether oxygens (including phenoxy) is 1. The number of aromatic amines is 1. The van der Waals surface area contributed by atoms with Gasteiger partial charge >= 0.3 is 0 Å². The van der Waals surface area contributed by atoms with Gasteiger partial charge in [-0.3, -0.25) is 4.79 Å². The van der Waals surface area contributed by atoms with Gasteiger partial charge in [0.2, 0.25) is 0 Å². The summed E-state index contributed by atoms with van der Waals surface area (Å²) >= 11 is 6.39. The molecule has 0 unspecified atom stereocenters. The zero-order chi connectivity index (χ0) is 20.2. The van der Waals surface area contributed by atoms with E-state index in [9.17, 15) is 4.79 Å². The second kappa shape index (κ2) is 8.20. The largest absolute Gasteiger partial charge is 0.497 e. The molecule has 1 amide bonds. The normalized spacial score (nSPS) is 10.6. The Hall–Kier alpha value is -3.57. The van der Waals surface area contributed by atoms with Crippen molar-refractivity contribution in [3.05, 3.63) is 89.6 Å². The summed E-state index contributed by atoms with van der Waals surface area (Å²) in [6.45, 7) is 0. The summed E-state index contributed by atoms with van der Waals surface area (Å²) in [5, 5.41) is 3.43. The number of benzene rings is 3. The number of rotatable bonds is 5. The maximum absolute atomic E-state index is 12.6. The monoisotopic (exact) mass is 403 g/mol. The molecule has 0 aliphatic heterocycles. The number of carbonyl (C=O) groups is 1. The van der Waals surface area contributed by atoms with Crippen LogP contribution in [0.25, 0.3) is 22.6 Å². The molecule has 1 heterocycles. The number of H-pyrrole nitrogens is 1. The highest BCUT2D eigenvalue weighted by Gasteiger charge is 2.12. The summed E-state index contributed by atoms with van der Waals surface area (Å²) in [5.74, 6) is 1.02. The van der Waals surface area contributed by atoms with Crippen molar-refractivity contribution in [2.75, 3.05) is 12.4 Å². The fourth-order valence-electron chi connectivity index (χ4n) is 2.97. The minimum atomic E-state index is -0.235. The Bertz CT molecular complexity index is 1160. The minimum absolute atomic E-state index is 0.235. The first-order valence-electron chi connectivity index (χ1n) is 9.00. The van der Waals surface area contributed by atoms with Crippen molar-refractivity contribution in [3.63, 3.8) is 0 Å². The van der Waals surface area contributed by atoms with E-state index in [4.69, 9.17) is 16.3 Å². The molecule has 0 aliphatic rings. The van der Waals surface area contributed by atoms with Gasteiger partial charge in [-0.1, -0.05) is 48.0 Å². The van der Waals surface area contributed by atoms with Crippen molar-refractivity contribution < 1.29 is 9.53 Å². The molecule has 6 heteroatoms. The van der Waals surface area contributed by atoms with Gasteiger partial charge in [-0.05, 0) is 42.0 Å². The number of hydrogen-bond donors (Lipinski definition) is 2. The second-order valence-electron chi connectivity index (χ2n) is 6.39. The van der Waals surface area contributed by atoms with Crippen molar-refractivity contribution in [2.45, 2.75) is 0 Å². The van der Waals surface area contributed by atoms with Crippen molar-refractivity contribution >= 4 is 23.2 Å². The minimum Gasteiger partial charge on any atom is -0.497 e. The molecule has 5 nitrogen and oxygen atoms in total. The van der Waals surface area contributed by atoms with E-state index in [0.29, 0.717) is 33.4 Å². The summed E-state index contributed by atoms with van der Waals surface area (Å²) in [6, 6.07) is 22.2. The second-order valence-corrected chi connectivity index (χ2v) is 6.80. The molecular formula is C23H18ClN3O2. The van der Waals surface area contributed by atoms with E-state index in [1.54, 1.807) is 55.8 Å². The number of imidazole rings is 1. The Morgan fingerprint density at radius 3 is 2.66 bits per heavy atom. The third-order valence-electron chi connectivity index (χ3n) is 4.47. The summed E-state index contributed by atoms with van der Waals surface area (Å²) in [4.78, 5) is 20.3. The lowest BCUT2D eigenvalue weighted by molar-refractivity contribution is 0.102.